The molecule has 0 amide bonds. The van der Waals surface area contributed by atoms with Gasteiger partial charge >= 0.3 is 0 Å². The van der Waals surface area contributed by atoms with Crippen LogP contribution in [0, 0.1) is 13.8 Å². The molecule has 4 aromatic rings. The van der Waals surface area contributed by atoms with Gasteiger partial charge in [-0.2, -0.15) is 0 Å². The maximum Gasteiger partial charge on any atom is 0.192 e. The highest BCUT2D eigenvalue weighted by atomic mass is 32.2. The molecule has 0 aliphatic rings. The van der Waals surface area contributed by atoms with Crippen molar-refractivity contribution in [3.8, 4) is 11.4 Å². The Morgan fingerprint density at radius 1 is 1.03 bits per heavy atom. The van der Waals surface area contributed by atoms with E-state index in [2.05, 4.69) is 65.0 Å². The SMILES string of the molecule is Cc1noc(C)c1CSc1nnc(-c2ccc(C(C)(C)C)cc2)n1Cc1ccco1. The molecule has 0 saturated carbocycles. The van der Waals surface area contributed by atoms with Crippen LogP contribution >= 0.6 is 11.8 Å². The Balaban J connectivity index is 1.66. The summed E-state index contributed by atoms with van der Waals surface area (Å²) in [7, 11) is 0. The third kappa shape index (κ3) is 4.21. The maximum absolute atomic E-state index is 5.59. The van der Waals surface area contributed by atoms with Gasteiger partial charge < -0.3 is 8.94 Å². The van der Waals surface area contributed by atoms with E-state index in [1.807, 2.05) is 26.0 Å². The topological polar surface area (TPSA) is 69.9 Å². The zero-order chi connectivity index (χ0) is 21.3. The van der Waals surface area contributed by atoms with Gasteiger partial charge in [-0.05, 0) is 37.0 Å². The fourth-order valence-electron chi connectivity index (χ4n) is 3.27. The van der Waals surface area contributed by atoms with Gasteiger partial charge in [-0.25, -0.2) is 0 Å². The van der Waals surface area contributed by atoms with Gasteiger partial charge in [-0.1, -0.05) is 62.0 Å². The minimum atomic E-state index is 0.107. The first-order chi connectivity index (χ1) is 14.3. The minimum Gasteiger partial charge on any atom is -0.467 e. The van der Waals surface area contributed by atoms with Crippen molar-refractivity contribution < 1.29 is 8.94 Å². The van der Waals surface area contributed by atoms with E-state index in [0.717, 1.165) is 45.1 Å². The van der Waals surface area contributed by atoms with E-state index in [0.29, 0.717) is 6.54 Å². The smallest absolute Gasteiger partial charge is 0.192 e. The molecule has 0 aliphatic heterocycles. The van der Waals surface area contributed by atoms with Crippen LogP contribution in [0.2, 0.25) is 0 Å². The molecular weight excluding hydrogens is 396 g/mol. The van der Waals surface area contributed by atoms with Gasteiger partial charge in [0.25, 0.3) is 0 Å². The Morgan fingerprint density at radius 3 is 2.40 bits per heavy atom. The summed E-state index contributed by atoms with van der Waals surface area (Å²) in [5.41, 5.74) is 4.44. The molecule has 6 nitrogen and oxygen atoms in total. The summed E-state index contributed by atoms with van der Waals surface area (Å²) in [6.07, 6.45) is 1.69. The number of thioether (sulfide) groups is 1. The van der Waals surface area contributed by atoms with E-state index in [1.165, 1.54) is 5.56 Å². The van der Waals surface area contributed by atoms with Gasteiger partial charge in [0.15, 0.2) is 11.0 Å². The largest absolute Gasteiger partial charge is 0.467 e. The molecule has 0 aliphatic carbocycles. The third-order valence-corrected chi connectivity index (χ3v) is 6.14. The van der Waals surface area contributed by atoms with Crippen LogP contribution in [0.15, 0.2) is 56.8 Å². The van der Waals surface area contributed by atoms with Crippen LogP contribution in [0.3, 0.4) is 0 Å². The predicted octanol–water partition coefficient (Wildman–Crippen LogP) is 5.78. The maximum atomic E-state index is 5.59. The third-order valence-electron chi connectivity index (χ3n) is 5.15. The predicted molar refractivity (Wildman–Crippen MR) is 118 cm³/mol. The second-order valence-electron chi connectivity index (χ2n) is 8.39. The lowest BCUT2D eigenvalue weighted by Gasteiger charge is -2.19. The average molecular weight is 423 g/mol. The molecule has 0 bridgehead atoms. The molecule has 1 aromatic carbocycles. The van der Waals surface area contributed by atoms with Crippen LogP contribution in [0.4, 0.5) is 0 Å². The standard InChI is InChI=1S/C23H26N4O2S/c1-15-20(16(2)29-26-15)14-30-22-25-24-21(27(22)13-19-7-6-12-28-19)17-8-10-18(11-9-17)23(3,4)5/h6-12H,13-14H2,1-5H3. The molecular formula is C23H26N4O2S. The lowest BCUT2D eigenvalue weighted by Crippen LogP contribution is -2.10. The Bertz CT molecular complexity index is 1100. The first kappa shape index (κ1) is 20.5. The van der Waals surface area contributed by atoms with Gasteiger partial charge in [0.2, 0.25) is 0 Å². The minimum absolute atomic E-state index is 0.107. The van der Waals surface area contributed by atoms with Crippen LogP contribution in [-0.4, -0.2) is 19.9 Å². The summed E-state index contributed by atoms with van der Waals surface area (Å²) < 4.78 is 13.0. The summed E-state index contributed by atoms with van der Waals surface area (Å²) in [5, 5.41) is 13.9. The molecule has 156 valence electrons. The molecule has 0 atom stereocenters. The first-order valence-electron chi connectivity index (χ1n) is 9.94. The van der Waals surface area contributed by atoms with Crippen LogP contribution in [0.5, 0.6) is 0 Å². The zero-order valence-electron chi connectivity index (χ0n) is 18.0. The van der Waals surface area contributed by atoms with Crippen molar-refractivity contribution in [1.82, 2.24) is 19.9 Å². The number of aromatic nitrogens is 4. The molecule has 30 heavy (non-hydrogen) atoms. The number of hydrogen-bond acceptors (Lipinski definition) is 6. The Hall–Kier alpha value is -2.80. The van der Waals surface area contributed by atoms with Crippen molar-refractivity contribution in [2.75, 3.05) is 0 Å². The molecule has 0 saturated heterocycles. The first-order valence-corrected chi connectivity index (χ1v) is 10.9. The molecule has 7 heteroatoms. The number of aryl methyl sites for hydroxylation is 2. The van der Waals surface area contributed by atoms with Gasteiger partial charge in [-0.3, -0.25) is 4.57 Å². The fraction of sp³-hybridized carbons (Fsp3) is 0.348. The van der Waals surface area contributed by atoms with Crippen LogP contribution in [-0.2, 0) is 17.7 Å². The number of hydrogen-bond donors (Lipinski definition) is 0. The Kier molecular flexibility index (Phi) is 5.56. The van der Waals surface area contributed by atoms with Gasteiger partial charge in [-0.15, -0.1) is 10.2 Å². The molecule has 0 radical (unpaired) electrons. The van der Waals surface area contributed by atoms with Crippen LogP contribution in [0.25, 0.3) is 11.4 Å². The lowest BCUT2D eigenvalue weighted by molar-refractivity contribution is 0.392. The van der Waals surface area contributed by atoms with E-state index < -0.39 is 0 Å². The highest BCUT2D eigenvalue weighted by Crippen LogP contribution is 2.30. The summed E-state index contributed by atoms with van der Waals surface area (Å²) in [5.74, 6) is 3.25. The summed E-state index contributed by atoms with van der Waals surface area (Å²) in [6.45, 7) is 11.1. The lowest BCUT2D eigenvalue weighted by atomic mass is 9.87. The summed E-state index contributed by atoms with van der Waals surface area (Å²) in [4.78, 5) is 0. The molecule has 4 rings (SSSR count). The van der Waals surface area contributed by atoms with Crippen molar-refractivity contribution in [3.05, 3.63) is 71.0 Å². The molecule has 0 unspecified atom stereocenters. The zero-order valence-corrected chi connectivity index (χ0v) is 18.8. The Labute approximate surface area is 180 Å². The van der Waals surface area contributed by atoms with E-state index in [4.69, 9.17) is 8.94 Å². The normalized spacial score (nSPS) is 11.9. The quantitative estimate of drug-likeness (QED) is 0.367. The highest BCUT2D eigenvalue weighted by Gasteiger charge is 2.19. The van der Waals surface area contributed by atoms with E-state index in [9.17, 15) is 0 Å². The van der Waals surface area contributed by atoms with Gasteiger partial charge in [0.1, 0.15) is 11.5 Å². The van der Waals surface area contributed by atoms with E-state index in [1.54, 1.807) is 18.0 Å². The second-order valence-corrected chi connectivity index (χ2v) is 9.33. The van der Waals surface area contributed by atoms with Crippen molar-refractivity contribution in [2.24, 2.45) is 0 Å². The molecule has 0 fully saturated rings. The van der Waals surface area contributed by atoms with Crippen LogP contribution in [0.1, 0.15) is 49.1 Å². The number of benzene rings is 1. The molecule has 3 aromatic heterocycles. The molecule has 0 N–H and O–H groups in total. The van der Waals surface area contributed by atoms with Crippen molar-refractivity contribution >= 4 is 11.8 Å². The molecule has 3 heterocycles. The monoisotopic (exact) mass is 422 g/mol. The fourth-order valence-corrected chi connectivity index (χ4v) is 4.36. The van der Waals surface area contributed by atoms with E-state index in [-0.39, 0.29) is 5.41 Å². The number of nitrogens with zero attached hydrogens (tertiary/aromatic N) is 4. The Morgan fingerprint density at radius 2 is 1.80 bits per heavy atom. The van der Waals surface area contributed by atoms with E-state index >= 15 is 0 Å². The van der Waals surface area contributed by atoms with Crippen LogP contribution < -0.4 is 0 Å². The second kappa shape index (κ2) is 8.14. The van der Waals surface area contributed by atoms with Crippen molar-refractivity contribution in [1.29, 1.82) is 0 Å². The number of rotatable bonds is 6. The van der Waals surface area contributed by atoms with Crippen molar-refractivity contribution in [3.63, 3.8) is 0 Å². The number of furan rings is 1. The summed E-state index contributed by atoms with van der Waals surface area (Å²) in [6, 6.07) is 12.4. The van der Waals surface area contributed by atoms with Gasteiger partial charge in [0.05, 0.1) is 18.5 Å². The summed E-state index contributed by atoms with van der Waals surface area (Å²) >= 11 is 1.63. The average Bonchev–Trinajstić information content (AvgIpc) is 3.43. The molecule has 0 spiro atoms. The highest BCUT2D eigenvalue weighted by molar-refractivity contribution is 7.98. The van der Waals surface area contributed by atoms with Crippen molar-refractivity contribution in [2.45, 2.75) is 57.5 Å². The van der Waals surface area contributed by atoms with Gasteiger partial charge in [0, 0.05) is 16.9 Å².